The summed E-state index contributed by atoms with van der Waals surface area (Å²) in [6.45, 7) is 12.2. The van der Waals surface area contributed by atoms with Gasteiger partial charge in [-0.15, -0.1) is 6.58 Å². The molecule has 5 rings (SSSR count). The van der Waals surface area contributed by atoms with Crippen molar-refractivity contribution in [3.63, 3.8) is 0 Å². The molecular weight excluding hydrogens is 526 g/mol. The zero-order valence-corrected chi connectivity index (χ0v) is 24.7. The summed E-state index contributed by atoms with van der Waals surface area (Å²) in [5.41, 5.74) is 3.23. The predicted molar refractivity (Wildman–Crippen MR) is 159 cm³/mol. The third-order valence-electron chi connectivity index (χ3n) is 8.62. The fourth-order valence-electron chi connectivity index (χ4n) is 6.58. The van der Waals surface area contributed by atoms with E-state index in [-0.39, 0.29) is 17.3 Å². The SMILES string of the molecule is C=CCOC[C@H](O)[C@@H]1CC[C@H]1CN1C[C@@]2(CCCc3cc(Cl)ccc32)COc2ccc(C(=O)OC(C)(C)C)cc21. The number of aryl methyl sites for hydroxylation is 1. The van der Waals surface area contributed by atoms with E-state index in [4.69, 9.17) is 25.8 Å². The van der Waals surface area contributed by atoms with Gasteiger partial charge in [-0.2, -0.15) is 0 Å². The minimum Gasteiger partial charge on any atom is -0.490 e. The highest BCUT2D eigenvalue weighted by atomic mass is 35.5. The number of rotatable bonds is 8. The number of fused-ring (bicyclic) bond motifs is 3. The number of carbonyl (C=O) groups is 1. The van der Waals surface area contributed by atoms with E-state index in [1.807, 2.05) is 39.0 Å². The molecule has 3 aliphatic rings. The minimum atomic E-state index is -0.583. The molecule has 4 atom stereocenters. The number of anilines is 1. The number of esters is 1. The average molecular weight is 568 g/mol. The van der Waals surface area contributed by atoms with E-state index in [0.29, 0.717) is 31.3 Å². The fraction of sp³-hybridized carbons (Fsp3) is 0.545. The lowest BCUT2D eigenvalue weighted by molar-refractivity contribution is -0.0367. The number of aliphatic hydroxyl groups is 1. The van der Waals surface area contributed by atoms with Gasteiger partial charge in [-0.05, 0) is 106 Å². The van der Waals surface area contributed by atoms with Gasteiger partial charge in [0.2, 0.25) is 0 Å². The molecule has 2 aromatic rings. The van der Waals surface area contributed by atoms with Crippen LogP contribution in [-0.4, -0.2) is 55.7 Å². The quantitative estimate of drug-likeness (QED) is 0.227. The molecule has 0 bridgehead atoms. The Labute approximate surface area is 243 Å². The maximum Gasteiger partial charge on any atom is 0.338 e. The molecular formula is C33H42ClNO5. The van der Waals surface area contributed by atoms with Gasteiger partial charge < -0.3 is 24.2 Å². The van der Waals surface area contributed by atoms with Crippen LogP contribution in [0.1, 0.15) is 67.9 Å². The van der Waals surface area contributed by atoms with Crippen molar-refractivity contribution in [3.05, 3.63) is 70.8 Å². The molecule has 1 saturated carbocycles. The number of nitrogens with zero attached hydrogens (tertiary/aromatic N) is 1. The molecule has 40 heavy (non-hydrogen) atoms. The first-order valence-corrected chi connectivity index (χ1v) is 14.9. The van der Waals surface area contributed by atoms with Gasteiger partial charge >= 0.3 is 5.97 Å². The first kappa shape index (κ1) is 29.0. The average Bonchev–Trinajstić information content (AvgIpc) is 3.03. The first-order valence-electron chi connectivity index (χ1n) is 14.5. The van der Waals surface area contributed by atoms with Gasteiger partial charge in [0.1, 0.15) is 11.4 Å². The van der Waals surface area contributed by atoms with Crippen LogP contribution in [0.2, 0.25) is 5.02 Å². The summed E-state index contributed by atoms with van der Waals surface area (Å²) in [7, 11) is 0. The van der Waals surface area contributed by atoms with Crippen molar-refractivity contribution < 1.29 is 24.1 Å². The Kier molecular flexibility index (Phi) is 8.51. The second kappa shape index (κ2) is 11.8. The van der Waals surface area contributed by atoms with Gasteiger partial charge in [0.15, 0.2) is 0 Å². The number of hydrogen-bond acceptors (Lipinski definition) is 6. The molecule has 0 amide bonds. The van der Waals surface area contributed by atoms with Gasteiger partial charge in [0, 0.05) is 23.5 Å². The Morgan fingerprint density at radius 3 is 2.83 bits per heavy atom. The molecule has 1 N–H and O–H groups in total. The Morgan fingerprint density at radius 1 is 1.27 bits per heavy atom. The zero-order chi connectivity index (χ0) is 28.5. The van der Waals surface area contributed by atoms with Gasteiger partial charge in [-0.3, -0.25) is 0 Å². The van der Waals surface area contributed by atoms with Crippen LogP contribution in [-0.2, 0) is 21.3 Å². The van der Waals surface area contributed by atoms with Crippen LogP contribution in [0.4, 0.5) is 5.69 Å². The summed E-state index contributed by atoms with van der Waals surface area (Å²) in [6, 6.07) is 11.9. The highest BCUT2D eigenvalue weighted by Crippen LogP contribution is 2.46. The monoisotopic (exact) mass is 567 g/mol. The number of halogens is 1. The van der Waals surface area contributed by atoms with Gasteiger partial charge in [0.25, 0.3) is 0 Å². The van der Waals surface area contributed by atoms with Crippen molar-refractivity contribution in [1.29, 1.82) is 0 Å². The van der Waals surface area contributed by atoms with Crippen LogP contribution in [0.3, 0.4) is 0 Å². The number of aliphatic hydroxyl groups excluding tert-OH is 1. The maximum absolute atomic E-state index is 13.0. The van der Waals surface area contributed by atoms with Crippen molar-refractivity contribution in [2.75, 3.05) is 37.8 Å². The van der Waals surface area contributed by atoms with Crippen molar-refractivity contribution in [1.82, 2.24) is 0 Å². The largest absolute Gasteiger partial charge is 0.490 e. The van der Waals surface area contributed by atoms with Gasteiger partial charge in [0.05, 0.1) is 37.2 Å². The predicted octanol–water partition coefficient (Wildman–Crippen LogP) is 6.36. The fourth-order valence-corrected chi connectivity index (χ4v) is 6.78. The van der Waals surface area contributed by atoms with Gasteiger partial charge in [-0.1, -0.05) is 23.7 Å². The molecule has 0 unspecified atom stereocenters. The Hall–Kier alpha value is -2.54. The smallest absolute Gasteiger partial charge is 0.338 e. The zero-order valence-electron chi connectivity index (χ0n) is 24.0. The molecule has 0 aromatic heterocycles. The highest BCUT2D eigenvalue weighted by molar-refractivity contribution is 6.30. The molecule has 1 aliphatic heterocycles. The molecule has 0 radical (unpaired) electrons. The van der Waals surface area contributed by atoms with Crippen LogP contribution < -0.4 is 9.64 Å². The minimum absolute atomic E-state index is 0.167. The number of benzene rings is 2. The second-order valence-corrected chi connectivity index (χ2v) is 13.1. The van der Waals surface area contributed by atoms with Crippen LogP contribution in [0, 0.1) is 11.8 Å². The van der Waals surface area contributed by atoms with Crippen molar-refractivity contribution in [2.45, 2.75) is 70.0 Å². The lowest BCUT2D eigenvalue weighted by atomic mass is 9.68. The van der Waals surface area contributed by atoms with Crippen LogP contribution >= 0.6 is 11.6 Å². The first-order chi connectivity index (χ1) is 19.1. The van der Waals surface area contributed by atoms with E-state index < -0.39 is 11.7 Å². The molecule has 6 nitrogen and oxygen atoms in total. The van der Waals surface area contributed by atoms with E-state index >= 15 is 0 Å². The van der Waals surface area contributed by atoms with Crippen molar-refractivity contribution in [3.8, 4) is 5.75 Å². The normalized spacial score (nSPS) is 24.7. The summed E-state index contributed by atoms with van der Waals surface area (Å²) < 4.78 is 17.8. The Morgan fingerprint density at radius 2 is 2.10 bits per heavy atom. The van der Waals surface area contributed by atoms with E-state index in [9.17, 15) is 9.90 Å². The second-order valence-electron chi connectivity index (χ2n) is 12.7. The summed E-state index contributed by atoms with van der Waals surface area (Å²) in [6.07, 6.45) is 6.30. The molecule has 216 valence electrons. The van der Waals surface area contributed by atoms with Crippen LogP contribution in [0.15, 0.2) is 49.1 Å². The molecule has 1 heterocycles. The van der Waals surface area contributed by atoms with E-state index in [2.05, 4.69) is 23.6 Å². The van der Waals surface area contributed by atoms with Gasteiger partial charge in [-0.25, -0.2) is 4.79 Å². The molecule has 2 aromatic carbocycles. The van der Waals surface area contributed by atoms with E-state index in [1.54, 1.807) is 12.1 Å². The number of carbonyl (C=O) groups excluding carboxylic acids is 1. The lowest BCUT2D eigenvalue weighted by Crippen LogP contribution is -2.50. The summed E-state index contributed by atoms with van der Waals surface area (Å²) >= 11 is 6.39. The molecule has 0 saturated heterocycles. The van der Waals surface area contributed by atoms with Crippen molar-refractivity contribution >= 4 is 23.3 Å². The number of ether oxygens (including phenoxy) is 3. The maximum atomic E-state index is 13.0. The molecule has 1 spiro atoms. The molecule has 1 fully saturated rings. The lowest BCUT2D eigenvalue weighted by Gasteiger charge is -2.45. The molecule has 2 aliphatic carbocycles. The standard InChI is InChI=1S/C33H42ClNO5/c1-5-15-38-19-29(36)26-11-8-24(26)18-35-20-33(14-6-7-22-16-25(34)10-12-27(22)33)21-39-30-13-9-23(17-28(30)35)31(37)40-32(2,3)4/h5,9-10,12-13,16-17,24,26,29,36H,1,6-8,11,14-15,18-21H2,2-4H3/t24-,26+,29-,33-/m0/s1. The van der Waals surface area contributed by atoms with Crippen LogP contribution in [0.5, 0.6) is 5.75 Å². The Bertz CT molecular complexity index is 1240. The third kappa shape index (κ3) is 6.19. The van der Waals surface area contributed by atoms with E-state index in [1.165, 1.54) is 11.1 Å². The summed E-state index contributed by atoms with van der Waals surface area (Å²) in [5, 5.41) is 11.7. The summed E-state index contributed by atoms with van der Waals surface area (Å²) in [4.78, 5) is 15.4. The van der Waals surface area contributed by atoms with Crippen LogP contribution in [0.25, 0.3) is 0 Å². The molecule has 7 heteroatoms. The summed E-state index contributed by atoms with van der Waals surface area (Å²) in [5.74, 6) is 0.905. The Balaban J connectivity index is 1.47. The van der Waals surface area contributed by atoms with Crippen molar-refractivity contribution in [2.24, 2.45) is 11.8 Å². The number of hydrogen-bond donors (Lipinski definition) is 1. The highest BCUT2D eigenvalue weighted by Gasteiger charge is 2.44. The topological polar surface area (TPSA) is 68.2 Å². The van der Waals surface area contributed by atoms with E-state index in [0.717, 1.165) is 61.7 Å². The third-order valence-corrected chi connectivity index (χ3v) is 8.86.